The van der Waals surface area contributed by atoms with E-state index in [0.717, 1.165) is 44.5 Å². The predicted octanol–water partition coefficient (Wildman–Crippen LogP) is 1.23. The van der Waals surface area contributed by atoms with Gasteiger partial charge in [-0.25, -0.2) is 0 Å². The van der Waals surface area contributed by atoms with E-state index < -0.39 is 5.60 Å². The Morgan fingerprint density at radius 3 is 3.00 bits per heavy atom. The second kappa shape index (κ2) is 3.82. The zero-order chi connectivity index (χ0) is 11.0. The molecule has 1 aliphatic carbocycles. The van der Waals surface area contributed by atoms with Crippen LogP contribution in [0.3, 0.4) is 0 Å². The Labute approximate surface area is 95.9 Å². The van der Waals surface area contributed by atoms with Gasteiger partial charge in [0.25, 0.3) is 0 Å². The third kappa shape index (κ3) is 1.55. The first-order valence-corrected chi connectivity index (χ1v) is 6.16. The molecule has 1 atom stereocenters. The SMILES string of the molecule is OC1(C2CCc3cccnc32)CCNCC1. The van der Waals surface area contributed by atoms with Crippen LogP contribution in [0.25, 0.3) is 0 Å². The van der Waals surface area contributed by atoms with Crippen LogP contribution in [-0.4, -0.2) is 28.8 Å². The standard InChI is InChI=1S/C13H18N2O/c16-13(5-8-14-9-6-13)11-4-3-10-2-1-7-15-12(10)11/h1-2,7,11,14,16H,3-6,8-9H2. The van der Waals surface area contributed by atoms with Crippen molar-refractivity contribution in [2.24, 2.45) is 0 Å². The lowest BCUT2D eigenvalue weighted by molar-refractivity contribution is -0.0163. The second-order valence-corrected chi connectivity index (χ2v) is 4.99. The highest BCUT2D eigenvalue weighted by atomic mass is 16.3. The minimum atomic E-state index is -0.523. The van der Waals surface area contributed by atoms with E-state index in [4.69, 9.17) is 0 Å². The number of hydrogen-bond acceptors (Lipinski definition) is 3. The first-order chi connectivity index (χ1) is 7.80. The molecule has 0 saturated carbocycles. The number of hydrogen-bond donors (Lipinski definition) is 2. The molecule has 2 heterocycles. The van der Waals surface area contributed by atoms with Crippen molar-refractivity contribution in [3.8, 4) is 0 Å². The van der Waals surface area contributed by atoms with E-state index in [1.54, 1.807) is 0 Å². The lowest BCUT2D eigenvalue weighted by atomic mass is 9.78. The molecule has 2 N–H and O–H groups in total. The van der Waals surface area contributed by atoms with Crippen LogP contribution in [0.4, 0.5) is 0 Å². The summed E-state index contributed by atoms with van der Waals surface area (Å²) in [4.78, 5) is 4.48. The molecule has 0 aromatic carbocycles. The normalized spacial score (nSPS) is 27.7. The fourth-order valence-electron chi connectivity index (χ4n) is 3.14. The molecule has 86 valence electrons. The van der Waals surface area contributed by atoms with Crippen LogP contribution in [0.1, 0.15) is 36.4 Å². The maximum Gasteiger partial charge on any atom is 0.0755 e. The molecular weight excluding hydrogens is 200 g/mol. The average Bonchev–Trinajstić information content (AvgIpc) is 2.74. The van der Waals surface area contributed by atoms with Gasteiger partial charge in [-0.3, -0.25) is 4.98 Å². The number of pyridine rings is 1. The summed E-state index contributed by atoms with van der Waals surface area (Å²) in [5.41, 5.74) is 1.96. The van der Waals surface area contributed by atoms with Crippen LogP contribution in [-0.2, 0) is 6.42 Å². The number of aliphatic hydroxyl groups is 1. The molecule has 1 saturated heterocycles. The topological polar surface area (TPSA) is 45.2 Å². The van der Waals surface area contributed by atoms with E-state index in [1.807, 2.05) is 12.3 Å². The van der Waals surface area contributed by atoms with E-state index in [9.17, 15) is 5.11 Å². The summed E-state index contributed by atoms with van der Waals surface area (Å²) in [5.74, 6) is 0.255. The van der Waals surface area contributed by atoms with Crippen molar-refractivity contribution < 1.29 is 5.11 Å². The van der Waals surface area contributed by atoms with Crippen molar-refractivity contribution >= 4 is 0 Å². The molecule has 3 nitrogen and oxygen atoms in total. The molecule has 3 heteroatoms. The zero-order valence-electron chi connectivity index (χ0n) is 9.45. The smallest absolute Gasteiger partial charge is 0.0755 e. The molecule has 1 unspecified atom stereocenters. The van der Waals surface area contributed by atoms with Gasteiger partial charge in [0.1, 0.15) is 0 Å². The van der Waals surface area contributed by atoms with Gasteiger partial charge in [0.2, 0.25) is 0 Å². The van der Waals surface area contributed by atoms with Crippen molar-refractivity contribution in [3.63, 3.8) is 0 Å². The van der Waals surface area contributed by atoms with Crippen molar-refractivity contribution in [1.82, 2.24) is 10.3 Å². The maximum atomic E-state index is 10.7. The minimum Gasteiger partial charge on any atom is -0.389 e. The van der Waals surface area contributed by atoms with E-state index >= 15 is 0 Å². The Hall–Kier alpha value is -0.930. The summed E-state index contributed by atoms with van der Waals surface area (Å²) in [6.07, 6.45) is 5.69. The van der Waals surface area contributed by atoms with Gasteiger partial charge in [0.15, 0.2) is 0 Å². The van der Waals surface area contributed by atoms with Gasteiger partial charge in [-0.05, 0) is 50.4 Å². The van der Waals surface area contributed by atoms with Crippen molar-refractivity contribution in [3.05, 3.63) is 29.6 Å². The van der Waals surface area contributed by atoms with Crippen LogP contribution in [0.2, 0.25) is 0 Å². The predicted molar refractivity (Wildman–Crippen MR) is 62.4 cm³/mol. The molecule has 0 bridgehead atoms. The van der Waals surface area contributed by atoms with Gasteiger partial charge in [0.05, 0.1) is 5.60 Å². The van der Waals surface area contributed by atoms with Crippen molar-refractivity contribution in [2.45, 2.75) is 37.2 Å². The molecule has 3 rings (SSSR count). The molecule has 1 aromatic heterocycles. The van der Waals surface area contributed by atoms with Crippen LogP contribution < -0.4 is 5.32 Å². The summed E-state index contributed by atoms with van der Waals surface area (Å²) in [7, 11) is 0. The highest BCUT2D eigenvalue weighted by Crippen LogP contribution is 2.42. The number of nitrogens with one attached hydrogen (secondary N) is 1. The van der Waals surface area contributed by atoms with Gasteiger partial charge >= 0.3 is 0 Å². The minimum absolute atomic E-state index is 0.255. The number of aromatic nitrogens is 1. The zero-order valence-corrected chi connectivity index (χ0v) is 9.45. The average molecular weight is 218 g/mol. The fourth-order valence-corrected chi connectivity index (χ4v) is 3.14. The van der Waals surface area contributed by atoms with Crippen LogP contribution in [0, 0.1) is 0 Å². The third-order valence-electron chi connectivity index (χ3n) is 4.08. The Bertz CT molecular complexity index is 385. The Morgan fingerprint density at radius 2 is 2.19 bits per heavy atom. The van der Waals surface area contributed by atoms with E-state index in [2.05, 4.69) is 16.4 Å². The first-order valence-electron chi connectivity index (χ1n) is 6.16. The summed E-state index contributed by atoms with van der Waals surface area (Å²) >= 11 is 0. The summed E-state index contributed by atoms with van der Waals surface area (Å²) < 4.78 is 0. The highest BCUT2D eigenvalue weighted by molar-refractivity contribution is 5.31. The highest BCUT2D eigenvalue weighted by Gasteiger charge is 2.42. The molecule has 0 amide bonds. The molecule has 2 aliphatic rings. The molecule has 1 fully saturated rings. The van der Waals surface area contributed by atoms with Gasteiger partial charge in [0, 0.05) is 17.8 Å². The van der Waals surface area contributed by atoms with Crippen molar-refractivity contribution in [1.29, 1.82) is 0 Å². The monoisotopic (exact) mass is 218 g/mol. The van der Waals surface area contributed by atoms with Crippen LogP contribution >= 0.6 is 0 Å². The molecule has 0 spiro atoms. The van der Waals surface area contributed by atoms with E-state index in [1.165, 1.54) is 5.56 Å². The van der Waals surface area contributed by atoms with Crippen LogP contribution in [0.15, 0.2) is 18.3 Å². The largest absolute Gasteiger partial charge is 0.389 e. The summed E-state index contributed by atoms with van der Waals surface area (Å²) in [5, 5.41) is 14.0. The quantitative estimate of drug-likeness (QED) is 0.745. The van der Waals surface area contributed by atoms with Gasteiger partial charge in [-0.2, -0.15) is 0 Å². The summed E-state index contributed by atoms with van der Waals surface area (Å²) in [6, 6.07) is 4.14. The van der Waals surface area contributed by atoms with Gasteiger partial charge < -0.3 is 10.4 Å². The van der Waals surface area contributed by atoms with E-state index in [-0.39, 0.29) is 5.92 Å². The van der Waals surface area contributed by atoms with Gasteiger partial charge in [-0.15, -0.1) is 0 Å². The van der Waals surface area contributed by atoms with E-state index in [0.29, 0.717) is 0 Å². The van der Waals surface area contributed by atoms with Gasteiger partial charge in [-0.1, -0.05) is 6.07 Å². The molecular formula is C13H18N2O. The molecule has 1 aliphatic heterocycles. The molecule has 16 heavy (non-hydrogen) atoms. The molecule has 1 aromatic rings. The Morgan fingerprint density at radius 1 is 1.38 bits per heavy atom. The lowest BCUT2D eigenvalue weighted by Crippen LogP contribution is -2.45. The second-order valence-electron chi connectivity index (χ2n) is 4.99. The number of nitrogens with zero attached hydrogens (tertiary/aromatic N) is 1. The lowest BCUT2D eigenvalue weighted by Gasteiger charge is -2.37. The fraction of sp³-hybridized carbons (Fsp3) is 0.615. The molecule has 0 radical (unpaired) electrons. The maximum absolute atomic E-state index is 10.7. The Balaban J connectivity index is 1.91. The number of aryl methyl sites for hydroxylation is 1. The number of piperidine rings is 1. The van der Waals surface area contributed by atoms with Crippen LogP contribution in [0.5, 0.6) is 0 Å². The Kier molecular flexibility index (Phi) is 2.45. The third-order valence-corrected chi connectivity index (χ3v) is 4.08. The number of rotatable bonds is 1. The number of fused-ring (bicyclic) bond motifs is 1. The van der Waals surface area contributed by atoms with Crippen molar-refractivity contribution in [2.75, 3.05) is 13.1 Å². The summed E-state index contributed by atoms with van der Waals surface area (Å²) in [6.45, 7) is 1.85. The first kappa shape index (κ1) is 10.2.